The van der Waals surface area contributed by atoms with Crippen LogP contribution >= 0.6 is 11.6 Å². The second-order valence-corrected chi connectivity index (χ2v) is 7.36. The van der Waals surface area contributed by atoms with E-state index in [4.69, 9.17) is 11.6 Å². The fourth-order valence-electron chi connectivity index (χ4n) is 3.36. The van der Waals surface area contributed by atoms with Crippen LogP contribution in [0.1, 0.15) is 48.0 Å². The molecule has 1 aliphatic carbocycles. The number of nitrogens with one attached hydrogen (secondary N) is 1. The summed E-state index contributed by atoms with van der Waals surface area (Å²) in [5.41, 5.74) is 0.236. The molecule has 1 aromatic carbocycles. The van der Waals surface area contributed by atoms with Crippen LogP contribution in [0.5, 0.6) is 0 Å². The van der Waals surface area contributed by atoms with Crippen LogP contribution in [-0.2, 0) is 6.54 Å². The number of hydrogen-bond acceptors (Lipinski definition) is 3. The molecular weight excluding hydrogens is 352 g/mol. The molecular formula is C20H23ClN2O3. The van der Waals surface area contributed by atoms with Gasteiger partial charge < -0.3 is 15.0 Å². The number of nitrogens with zero attached hydrogens (tertiary/aromatic N) is 1. The second-order valence-electron chi connectivity index (χ2n) is 6.95. The van der Waals surface area contributed by atoms with E-state index >= 15 is 0 Å². The van der Waals surface area contributed by atoms with Crippen molar-refractivity contribution in [2.45, 2.75) is 44.2 Å². The summed E-state index contributed by atoms with van der Waals surface area (Å²) in [6.45, 7) is 0.589. The van der Waals surface area contributed by atoms with Gasteiger partial charge in [-0.3, -0.25) is 9.59 Å². The molecule has 0 aliphatic heterocycles. The van der Waals surface area contributed by atoms with Gasteiger partial charge in [-0.25, -0.2) is 0 Å². The van der Waals surface area contributed by atoms with Gasteiger partial charge in [-0.2, -0.15) is 0 Å². The number of rotatable bonds is 5. The second kappa shape index (κ2) is 8.06. The molecule has 3 rings (SSSR count). The van der Waals surface area contributed by atoms with Crippen molar-refractivity contribution in [3.8, 4) is 0 Å². The minimum absolute atomic E-state index is 0.104. The first-order valence-electron chi connectivity index (χ1n) is 8.91. The first kappa shape index (κ1) is 18.7. The average molecular weight is 375 g/mol. The van der Waals surface area contributed by atoms with Gasteiger partial charge >= 0.3 is 0 Å². The van der Waals surface area contributed by atoms with Crippen LogP contribution in [0.3, 0.4) is 0 Å². The van der Waals surface area contributed by atoms with Crippen LogP contribution in [0, 0.1) is 0 Å². The summed E-state index contributed by atoms with van der Waals surface area (Å²) in [5.74, 6) is -0.309. The Hall–Kier alpha value is -2.11. The Labute approximate surface area is 157 Å². The van der Waals surface area contributed by atoms with Gasteiger partial charge in [0.1, 0.15) is 0 Å². The molecule has 1 saturated carbocycles. The average Bonchev–Trinajstić information content (AvgIpc) is 2.64. The summed E-state index contributed by atoms with van der Waals surface area (Å²) < 4.78 is 1.57. The highest BCUT2D eigenvalue weighted by Crippen LogP contribution is 2.27. The molecule has 1 amide bonds. The van der Waals surface area contributed by atoms with Crippen molar-refractivity contribution in [2.24, 2.45) is 0 Å². The van der Waals surface area contributed by atoms with Gasteiger partial charge in [0, 0.05) is 18.8 Å². The lowest BCUT2D eigenvalue weighted by Gasteiger charge is -2.32. The molecule has 138 valence electrons. The highest BCUT2D eigenvalue weighted by atomic mass is 35.5. The van der Waals surface area contributed by atoms with E-state index in [1.807, 2.05) is 0 Å². The van der Waals surface area contributed by atoms with Crippen LogP contribution < -0.4 is 10.9 Å². The van der Waals surface area contributed by atoms with Crippen molar-refractivity contribution in [1.29, 1.82) is 0 Å². The van der Waals surface area contributed by atoms with Crippen LogP contribution in [0.15, 0.2) is 47.4 Å². The van der Waals surface area contributed by atoms with E-state index in [1.165, 1.54) is 6.07 Å². The highest BCUT2D eigenvalue weighted by Gasteiger charge is 2.29. The van der Waals surface area contributed by atoms with Crippen molar-refractivity contribution in [3.63, 3.8) is 0 Å². The predicted molar refractivity (Wildman–Crippen MR) is 102 cm³/mol. The molecule has 6 heteroatoms. The molecule has 1 aliphatic rings. The maximum absolute atomic E-state index is 12.5. The van der Waals surface area contributed by atoms with Crippen LogP contribution in [0.4, 0.5) is 0 Å². The number of aromatic nitrogens is 1. The largest absolute Gasteiger partial charge is 0.388 e. The Morgan fingerprint density at radius 3 is 2.69 bits per heavy atom. The zero-order valence-corrected chi connectivity index (χ0v) is 15.3. The molecule has 0 bridgehead atoms. The van der Waals surface area contributed by atoms with E-state index in [2.05, 4.69) is 5.32 Å². The molecule has 0 radical (unpaired) electrons. The van der Waals surface area contributed by atoms with E-state index in [0.29, 0.717) is 30.0 Å². The minimum atomic E-state index is -0.824. The standard InChI is InChI=1S/C20H23ClN2O3/c21-17-8-7-15(13-23-11-5-2-6-18(23)24)12-16(17)19(25)22-14-20(26)9-3-1-4-10-20/h2,5-8,11-12,26H,1,3-4,9-10,13-14H2,(H,22,25). The summed E-state index contributed by atoms with van der Waals surface area (Å²) in [5, 5.41) is 13.7. The number of benzene rings is 1. The highest BCUT2D eigenvalue weighted by molar-refractivity contribution is 6.33. The van der Waals surface area contributed by atoms with E-state index < -0.39 is 5.60 Å². The summed E-state index contributed by atoms with van der Waals surface area (Å²) >= 11 is 6.19. The number of hydrogen-bond donors (Lipinski definition) is 2. The fourth-order valence-corrected chi connectivity index (χ4v) is 3.56. The number of aliphatic hydroxyl groups is 1. The van der Waals surface area contributed by atoms with Gasteiger partial charge in [-0.05, 0) is 36.6 Å². The Morgan fingerprint density at radius 1 is 1.19 bits per heavy atom. The first-order chi connectivity index (χ1) is 12.5. The lowest BCUT2D eigenvalue weighted by atomic mass is 9.85. The third-order valence-electron chi connectivity index (χ3n) is 4.89. The van der Waals surface area contributed by atoms with E-state index in [-0.39, 0.29) is 18.0 Å². The quantitative estimate of drug-likeness (QED) is 0.845. The van der Waals surface area contributed by atoms with Gasteiger partial charge in [-0.15, -0.1) is 0 Å². The number of amides is 1. The molecule has 0 unspecified atom stereocenters. The zero-order chi connectivity index (χ0) is 18.6. The summed E-state index contributed by atoms with van der Waals surface area (Å²) in [4.78, 5) is 24.4. The number of pyridine rings is 1. The van der Waals surface area contributed by atoms with E-state index in [0.717, 1.165) is 24.8 Å². The summed E-state index contributed by atoms with van der Waals surface area (Å²) in [7, 11) is 0. The van der Waals surface area contributed by atoms with E-state index in [9.17, 15) is 14.7 Å². The molecule has 26 heavy (non-hydrogen) atoms. The summed E-state index contributed by atoms with van der Waals surface area (Å²) in [6, 6.07) is 10.1. The fraction of sp³-hybridized carbons (Fsp3) is 0.400. The van der Waals surface area contributed by atoms with Crippen molar-refractivity contribution >= 4 is 17.5 Å². The molecule has 0 spiro atoms. The molecule has 2 N–H and O–H groups in total. The monoisotopic (exact) mass is 374 g/mol. The predicted octanol–water partition coefficient (Wildman–Crippen LogP) is 2.98. The third-order valence-corrected chi connectivity index (χ3v) is 5.22. The molecule has 1 heterocycles. The Balaban J connectivity index is 1.71. The van der Waals surface area contributed by atoms with Gasteiger partial charge in [0.25, 0.3) is 11.5 Å². The smallest absolute Gasteiger partial charge is 0.252 e. The number of carbonyl (C=O) groups excluding carboxylic acids is 1. The van der Waals surface area contributed by atoms with Crippen LogP contribution in [0.2, 0.25) is 5.02 Å². The molecule has 1 fully saturated rings. The van der Waals surface area contributed by atoms with Crippen LogP contribution in [-0.4, -0.2) is 27.7 Å². The normalized spacial score (nSPS) is 16.2. The number of halogens is 1. The Kier molecular flexibility index (Phi) is 5.79. The van der Waals surface area contributed by atoms with Crippen molar-refractivity contribution in [2.75, 3.05) is 6.54 Å². The maximum atomic E-state index is 12.5. The van der Waals surface area contributed by atoms with Crippen LogP contribution in [0.25, 0.3) is 0 Å². The lowest BCUT2D eigenvalue weighted by Crippen LogP contribution is -2.44. The van der Waals surface area contributed by atoms with Gasteiger partial charge in [-0.1, -0.05) is 43.0 Å². The molecule has 2 aromatic rings. The summed E-state index contributed by atoms with van der Waals surface area (Å²) in [6.07, 6.45) is 6.21. The Bertz CT molecular complexity index is 841. The maximum Gasteiger partial charge on any atom is 0.252 e. The Morgan fingerprint density at radius 2 is 1.96 bits per heavy atom. The van der Waals surface area contributed by atoms with E-state index in [1.54, 1.807) is 41.1 Å². The minimum Gasteiger partial charge on any atom is -0.388 e. The third kappa shape index (κ3) is 4.54. The lowest BCUT2D eigenvalue weighted by molar-refractivity contribution is 0.00526. The number of carbonyl (C=O) groups is 1. The van der Waals surface area contributed by atoms with Gasteiger partial charge in [0.05, 0.1) is 22.7 Å². The molecule has 1 aromatic heterocycles. The van der Waals surface area contributed by atoms with Gasteiger partial charge in [0.2, 0.25) is 0 Å². The molecule has 5 nitrogen and oxygen atoms in total. The zero-order valence-electron chi connectivity index (χ0n) is 14.6. The van der Waals surface area contributed by atoms with Crippen molar-refractivity contribution in [1.82, 2.24) is 9.88 Å². The molecule has 0 saturated heterocycles. The first-order valence-corrected chi connectivity index (χ1v) is 9.29. The molecule has 0 atom stereocenters. The SMILES string of the molecule is O=C(NCC1(O)CCCCC1)c1cc(Cn2ccccc2=O)ccc1Cl. The van der Waals surface area contributed by atoms with Gasteiger partial charge in [0.15, 0.2) is 0 Å². The topological polar surface area (TPSA) is 71.3 Å². The van der Waals surface area contributed by atoms with Crippen molar-refractivity contribution < 1.29 is 9.90 Å². The van der Waals surface area contributed by atoms with Crippen molar-refractivity contribution in [3.05, 3.63) is 69.1 Å².